The summed E-state index contributed by atoms with van der Waals surface area (Å²) in [5, 5.41) is 8.96. The monoisotopic (exact) mass is 378 g/mol. The van der Waals surface area contributed by atoms with Crippen LogP contribution in [0.5, 0.6) is 0 Å². The third kappa shape index (κ3) is 4.26. The summed E-state index contributed by atoms with van der Waals surface area (Å²) in [5.41, 5.74) is 5.66. The lowest BCUT2D eigenvalue weighted by Gasteiger charge is -2.36. The second-order valence-electron chi connectivity index (χ2n) is 6.23. The van der Waals surface area contributed by atoms with Crippen molar-refractivity contribution in [1.82, 2.24) is 19.9 Å². The standard InChI is InChI=1S/C16H22N6O3S/c1-10(15(24)19-16-12(14(17)23)3-8-26-16)22-6-4-21(5-7-22)9-13-18-11(2)25-20-13/h3,8,10H,4-7,9H2,1-2H3,(H2,17,23)(H,19,24). The van der Waals surface area contributed by atoms with Crippen molar-refractivity contribution in [3.63, 3.8) is 0 Å². The van der Waals surface area contributed by atoms with Crippen LogP contribution in [-0.2, 0) is 11.3 Å². The molecule has 10 heteroatoms. The third-order valence-corrected chi connectivity index (χ3v) is 5.27. The minimum absolute atomic E-state index is 0.141. The predicted molar refractivity (Wildman–Crippen MR) is 96.8 cm³/mol. The summed E-state index contributed by atoms with van der Waals surface area (Å²) >= 11 is 1.29. The van der Waals surface area contributed by atoms with Gasteiger partial charge >= 0.3 is 0 Å². The fraction of sp³-hybridized carbons (Fsp3) is 0.500. The van der Waals surface area contributed by atoms with Gasteiger partial charge in [-0.05, 0) is 18.4 Å². The number of aromatic nitrogens is 2. The number of piperazine rings is 1. The van der Waals surface area contributed by atoms with E-state index in [0.717, 1.165) is 26.2 Å². The van der Waals surface area contributed by atoms with E-state index in [1.165, 1.54) is 11.3 Å². The fourth-order valence-electron chi connectivity index (χ4n) is 2.90. The first-order chi connectivity index (χ1) is 12.4. The number of nitrogens with two attached hydrogens (primary N) is 1. The third-order valence-electron chi connectivity index (χ3n) is 4.44. The molecular formula is C16H22N6O3S. The molecule has 26 heavy (non-hydrogen) atoms. The molecule has 3 rings (SSSR count). The van der Waals surface area contributed by atoms with Crippen molar-refractivity contribution < 1.29 is 14.1 Å². The van der Waals surface area contributed by atoms with Crippen molar-refractivity contribution in [1.29, 1.82) is 0 Å². The SMILES string of the molecule is Cc1nc(CN2CCN(C(C)C(=O)Nc3sccc3C(N)=O)CC2)no1. The van der Waals surface area contributed by atoms with Gasteiger partial charge in [0.1, 0.15) is 5.00 Å². The summed E-state index contributed by atoms with van der Waals surface area (Å²) in [6.07, 6.45) is 0. The van der Waals surface area contributed by atoms with Gasteiger partial charge in [-0.25, -0.2) is 0 Å². The van der Waals surface area contributed by atoms with Gasteiger partial charge in [-0.3, -0.25) is 19.4 Å². The molecule has 0 aliphatic carbocycles. The largest absolute Gasteiger partial charge is 0.366 e. The van der Waals surface area contributed by atoms with Crippen molar-refractivity contribution in [3.05, 3.63) is 28.7 Å². The Morgan fingerprint density at radius 3 is 2.73 bits per heavy atom. The van der Waals surface area contributed by atoms with Crippen molar-refractivity contribution in [2.45, 2.75) is 26.4 Å². The van der Waals surface area contributed by atoms with E-state index >= 15 is 0 Å². The molecule has 140 valence electrons. The summed E-state index contributed by atoms with van der Waals surface area (Å²) in [7, 11) is 0. The lowest BCUT2D eigenvalue weighted by Crippen LogP contribution is -2.52. The molecule has 0 saturated carbocycles. The molecule has 2 aromatic heterocycles. The zero-order valence-electron chi connectivity index (χ0n) is 14.8. The van der Waals surface area contributed by atoms with Crippen LogP contribution in [0.15, 0.2) is 16.0 Å². The van der Waals surface area contributed by atoms with E-state index in [2.05, 4.69) is 25.3 Å². The van der Waals surface area contributed by atoms with E-state index in [1.807, 2.05) is 6.92 Å². The van der Waals surface area contributed by atoms with Gasteiger partial charge in [-0.1, -0.05) is 5.16 Å². The second-order valence-corrected chi connectivity index (χ2v) is 7.15. The quantitative estimate of drug-likeness (QED) is 0.759. The summed E-state index contributed by atoms with van der Waals surface area (Å²) in [6.45, 7) is 7.44. The molecule has 2 aromatic rings. The molecule has 0 radical (unpaired) electrons. The topological polar surface area (TPSA) is 118 Å². The number of amides is 2. The zero-order valence-corrected chi connectivity index (χ0v) is 15.6. The Morgan fingerprint density at radius 1 is 1.38 bits per heavy atom. The summed E-state index contributed by atoms with van der Waals surface area (Å²) < 4.78 is 4.99. The lowest BCUT2D eigenvalue weighted by molar-refractivity contribution is -0.121. The van der Waals surface area contributed by atoms with Gasteiger partial charge in [0.05, 0.1) is 18.2 Å². The van der Waals surface area contributed by atoms with Gasteiger partial charge in [0.25, 0.3) is 5.91 Å². The number of carbonyl (C=O) groups excluding carboxylic acids is 2. The number of primary amides is 1. The Bertz CT molecular complexity index is 781. The normalized spacial score (nSPS) is 17.2. The number of hydrogen-bond acceptors (Lipinski definition) is 8. The van der Waals surface area contributed by atoms with Crippen LogP contribution in [0.25, 0.3) is 0 Å². The summed E-state index contributed by atoms with van der Waals surface area (Å²) in [6, 6.07) is 1.32. The first-order valence-electron chi connectivity index (χ1n) is 8.38. The van der Waals surface area contributed by atoms with Crippen LogP contribution in [0.1, 0.15) is 29.0 Å². The number of thiophene rings is 1. The smallest absolute Gasteiger partial charge is 0.251 e. The molecule has 1 atom stereocenters. The molecule has 3 N–H and O–H groups in total. The molecular weight excluding hydrogens is 356 g/mol. The van der Waals surface area contributed by atoms with Crippen LogP contribution in [0, 0.1) is 6.92 Å². The Balaban J connectivity index is 1.51. The molecule has 1 fully saturated rings. The van der Waals surface area contributed by atoms with E-state index in [9.17, 15) is 9.59 Å². The van der Waals surface area contributed by atoms with Crippen molar-refractivity contribution in [2.24, 2.45) is 5.73 Å². The number of nitrogens with one attached hydrogen (secondary N) is 1. The highest BCUT2D eigenvalue weighted by molar-refractivity contribution is 7.14. The molecule has 1 saturated heterocycles. The maximum Gasteiger partial charge on any atom is 0.251 e. The Kier molecular flexibility index (Phi) is 5.64. The van der Waals surface area contributed by atoms with Gasteiger partial charge in [-0.15, -0.1) is 11.3 Å². The van der Waals surface area contributed by atoms with Crippen LogP contribution in [0.3, 0.4) is 0 Å². The molecule has 1 aliphatic heterocycles. The lowest BCUT2D eigenvalue weighted by atomic mass is 10.2. The van der Waals surface area contributed by atoms with Crippen molar-refractivity contribution in [2.75, 3.05) is 31.5 Å². The maximum absolute atomic E-state index is 12.5. The van der Waals surface area contributed by atoms with Crippen molar-refractivity contribution in [3.8, 4) is 0 Å². The van der Waals surface area contributed by atoms with Gasteiger partial charge in [-0.2, -0.15) is 4.98 Å². The number of carbonyl (C=O) groups is 2. The summed E-state index contributed by atoms with van der Waals surface area (Å²) in [5.74, 6) is 0.558. The highest BCUT2D eigenvalue weighted by Gasteiger charge is 2.27. The average molecular weight is 378 g/mol. The molecule has 0 spiro atoms. The highest BCUT2D eigenvalue weighted by Crippen LogP contribution is 2.23. The number of aryl methyl sites for hydroxylation is 1. The van der Waals surface area contributed by atoms with E-state index in [1.54, 1.807) is 18.4 Å². The molecule has 1 unspecified atom stereocenters. The van der Waals surface area contributed by atoms with Crippen LogP contribution < -0.4 is 11.1 Å². The molecule has 0 bridgehead atoms. The van der Waals surface area contributed by atoms with Crippen LogP contribution in [0.2, 0.25) is 0 Å². The number of anilines is 1. The zero-order chi connectivity index (χ0) is 18.7. The fourth-order valence-corrected chi connectivity index (χ4v) is 3.69. The van der Waals surface area contributed by atoms with Gasteiger partial charge < -0.3 is 15.6 Å². The number of nitrogens with zero attached hydrogens (tertiary/aromatic N) is 4. The highest BCUT2D eigenvalue weighted by atomic mass is 32.1. The van der Waals surface area contributed by atoms with E-state index in [0.29, 0.717) is 28.8 Å². The minimum Gasteiger partial charge on any atom is -0.366 e. The molecule has 2 amide bonds. The van der Waals surface area contributed by atoms with Crippen LogP contribution in [-0.4, -0.2) is 64.0 Å². The number of hydrogen-bond donors (Lipinski definition) is 2. The maximum atomic E-state index is 12.5. The molecule has 1 aliphatic rings. The Morgan fingerprint density at radius 2 is 2.12 bits per heavy atom. The van der Waals surface area contributed by atoms with Crippen LogP contribution >= 0.6 is 11.3 Å². The predicted octanol–water partition coefficient (Wildman–Crippen LogP) is 0.683. The van der Waals surface area contributed by atoms with E-state index < -0.39 is 5.91 Å². The van der Waals surface area contributed by atoms with E-state index in [-0.39, 0.29) is 11.9 Å². The molecule has 0 aromatic carbocycles. The Labute approximate surface area is 155 Å². The van der Waals surface area contributed by atoms with Gasteiger partial charge in [0, 0.05) is 33.1 Å². The van der Waals surface area contributed by atoms with Gasteiger partial charge in [0.15, 0.2) is 5.82 Å². The number of rotatable bonds is 6. The Hall–Kier alpha value is -2.30. The molecule has 3 heterocycles. The second kappa shape index (κ2) is 7.94. The van der Waals surface area contributed by atoms with Crippen molar-refractivity contribution >= 4 is 28.2 Å². The van der Waals surface area contributed by atoms with E-state index in [4.69, 9.17) is 10.3 Å². The average Bonchev–Trinajstić information content (AvgIpc) is 3.24. The van der Waals surface area contributed by atoms with Crippen LogP contribution in [0.4, 0.5) is 5.00 Å². The molecule has 9 nitrogen and oxygen atoms in total. The first-order valence-corrected chi connectivity index (χ1v) is 9.25. The first kappa shape index (κ1) is 18.5. The summed E-state index contributed by atoms with van der Waals surface area (Å²) in [4.78, 5) is 32.4. The van der Waals surface area contributed by atoms with Gasteiger partial charge in [0.2, 0.25) is 11.8 Å². The minimum atomic E-state index is -0.542.